The molecule has 0 radical (unpaired) electrons. The van der Waals surface area contributed by atoms with Gasteiger partial charge >= 0.3 is 0 Å². The lowest BCUT2D eigenvalue weighted by molar-refractivity contribution is 0.782. The first-order chi connectivity index (χ1) is 9.76. The van der Waals surface area contributed by atoms with Crippen LogP contribution in [0.1, 0.15) is 30.3 Å². The molecule has 1 saturated carbocycles. The molecule has 20 heavy (non-hydrogen) atoms. The predicted molar refractivity (Wildman–Crippen MR) is 84.5 cm³/mol. The summed E-state index contributed by atoms with van der Waals surface area (Å²) in [6.45, 7) is 5.89. The minimum absolute atomic E-state index is 0.640. The van der Waals surface area contributed by atoms with Crippen molar-refractivity contribution in [1.82, 2.24) is 9.97 Å². The molecule has 0 spiro atoms. The molecule has 1 fully saturated rings. The van der Waals surface area contributed by atoms with Gasteiger partial charge < -0.3 is 10.2 Å². The van der Waals surface area contributed by atoms with Crippen LogP contribution in [0.2, 0.25) is 0 Å². The SMILES string of the molecule is CCNc1nc(C)cc(N(Cc2cccs2)C2CC2)n1. The van der Waals surface area contributed by atoms with Gasteiger partial charge in [-0.3, -0.25) is 0 Å². The molecule has 2 heterocycles. The number of nitrogens with one attached hydrogen (secondary N) is 1. The lowest BCUT2D eigenvalue weighted by atomic mass is 10.3. The number of hydrogen-bond acceptors (Lipinski definition) is 5. The highest BCUT2D eigenvalue weighted by molar-refractivity contribution is 7.09. The fourth-order valence-corrected chi connectivity index (χ4v) is 2.99. The molecule has 2 aromatic rings. The van der Waals surface area contributed by atoms with E-state index in [0.717, 1.165) is 30.5 Å². The molecule has 0 bridgehead atoms. The molecule has 0 saturated heterocycles. The lowest BCUT2D eigenvalue weighted by Crippen LogP contribution is -2.26. The Morgan fingerprint density at radius 3 is 2.90 bits per heavy atom. The molecule has 1 aliphatic carbocycles. The van der Waals surface area contributed by atoms with Crippen LogP contribution in [0.5, 0.6) is 0 Å². The number of aryl methyl sites for hydroxylation is 1. The Balaban J connectivity index is 1.86. The van der Waals surface area contributed by atoms with E-state index >= 15 is 0 Å². The quantitative estimate of drug-likeness (QED) is 0.884. The van der Waals surface area contributed by atoms with Gasteiger partial charge in [0.25, 0.3) is 0 Å². The van der Waals surface area contributed by atoms with E-state index in [9.17, 15) is 0 Å². The zero-order valence-corrected chi connectivity index (χ0v) is 12.8. The topological polar surface area (TPSA) is 41.1 Å². The highest BCUT2D eigenvalue weighted by atomic mass is 32.1. The van der Waals surface area contributed by atoms with Gasteiger partial charge in [-0.15, -0.1) is 11.3 Å². The Bertz CT molecular complexity index is 563. The second-order valence-electron chi connectivity index (χ2n) is 5.16. The van der Waals surface area contributed by atoms with Crippen LogP contribution in [0.4, 0.5) is 11.8 Å². The fourth-order valence-electron chi connectivity index (χ4n) is 2.29. The van der Waals surface area contributed by atoms with Gasteiger partial charge in [-0.05, 0) is 38.1 Å². The third-order valence-corrected chi connectivity index (χ3v) is 4.22. The Labute approximate surface area is 123 Å². The molecular formula is C15H20N4S. The van der Waals surface area contributed by atoms with Crippen LogP contribution in [-0.4, -0.2) is 22.6 Å². The molecule has 1 N–H and O–H groups in total. The number of thiophene rings is 1. The number of nitrogens with zero attached hydrogens (tertiary/aromatic N) is 3. The predicted octanol–water partition coefficient (Wildman–Crippen LogP) is 3.45. The molecular weight excluding hydrogens is 268 g/mol. The molecule has 0 amide bonds. The summed E-state index contributed by atoms with van der Waals surface area (Å²) < 4.78 is 0. The Morgan fingerprint density at radius 2 is 2.25 bits per heavy atom. The van der Waals surface area contributed by atoms with E-state index in [1.165, 1.54) is 17.7 Å². The first-order valence-electron chi connectivity index (χ1n) is 7.15. The van der Waals surface area contributed by atoms with Crippen LogP contribution in [0.15, 0.2) is 23.6 Å². The van der Waals surface area contributed by atoms with Crippen molar-refractivity contribution in [3.63, 3.8) is 0 Å². The minimum atomic E-state index is 0.640. The Hall–Kier alpha value is -1.62. The van der Waals surface area contributed by atoms with Gasteiger partial charge in [-0.2, -0.15) is 4.98 Å². The van der Waals surface area contributed by atoms with Gasteiger partial charge in [0.05, 0.1) is 6.54 Å². The molecule has 3 rings (SSSR count). The van der Waals surface area contributed by atoms with Crippen molar-refractivity contribution in [2.75, 3.05) is 16.8 Å². The molecule has 106 valence electrons. The largest absolute Gasteiger partial charge is 0.354 e. The third-order valence-electron chi connectivity index (χ3n) is 3.36. The van der Waals surface area contributed by atoms with E-state index in [1.807, 2.05) is 18.3 Å². The normalized spacial score (nSPS) is 14.3. The summed E-state index contributed by atoms with van der Waals surface area (Å²) in [6.07, 6.45) is 2.54. The number of aromatic nitrogens is 2. The van der Waals surface area contributed by atoms with Crippen molar-refractivity contribution in [3.8, 4) is 0 Å². The summed E-state index contributed by atoms with van der Waals surface area (Å²) >= 11 is 1.81. The maximum absolute atomic E-state index is 4.67. The minimum Gasteiger partial charge on any atom is -0.354 e. The highest BCUT2D eigenvalue weighted by Gasteiger charge is 2.30. The average Bonchev–Trinajstić information content (AvgIpc) is 3.12. The van der Waals surface area contributed by atoms with Gasteiger partial charge in [0.2, 0.25) is 5.95 Å². The van der Waals surface area contributed by atoms with E-state index < -0.39 is 0 Å². The van der Waals surface area contributed by atoms with Gasteiger partial charge in [0, 0.05) is 29.2 Å². The molecule has 0 unspecified atom stereocenters. The monoisotopic (exact) mass is 288 g/mol. The molecule has 5 heteroatoms. The van der Waals surface area contributed by atoms with Crippen molar-refractivity contribution >= 4 is 23.1 Å². The van der Waals surface area contributed by atoms with Crippen molar-refractivity contribution in [1.29, 1.82) is 0 Å². The van der Waals surface area contributed by atoms with E-state index in [-0.39, 0.29) is 0 Å². The van der Waals surface area contributed by atoms with Gasteiger partial charge in [-0.1, -0.05) is 6.07 Å². The summed E-state index contributed by atoms with van der Waals surface area (Å²) in [5, 5.41) is 5.35. The maximum atomic E-state index is 4.67. The molecule has 2 aromatic heterocycles. The maximum Gasteiger partial charge on any atom is 0.224 e. The van der Waals surface area contributed by atoms with E-state index in [0.29, 0.717) is 6.04 Å². The number of anilines is 2. The van der Waals surface area contributed by atoms with Crippen LogP contribution < -0.4 is 10.2 Å². The van der Waals surface area contributed by atoms with Crippen LogP contribution in [-0.2, 0) is 6.54 Å². The summed E-state index contributed by atoms with van der Waals surface area (Å²) in [6, 6.07) is 7.03. The van der Waals surface area contributed by atoms with Crippen molar-refractivity contribution in [2.45, 2.75) is 39.3 Å². The van der Waals surface area contributed by atoms with Gasteiger partial charge in [0.15, 0.2) is 0 Å². The van der Waals surface area contributed by atoms with Crippen molar-refractivity contribution in [3.05, 3.63) is 34.2 Å². The first kappa shape index (κ1) is 13.4. The van der Waals surface area contributed by atoms with Crippen LogP contribution in [0.3, 0.4) is 0 Å². The molecule has 0 aromatic carbocycles. The second-order valence-corrected chi connectivity index (χ2v) is 6.19. The van der Waals surface area contributed by atoms with Crippen molar-refractivity contribution in [2.24, 2.45) is 0 Å². The standard InChI is InChI=1S/C15H20N4S/c1-3-16-15-17-11(2)9-14(18-15)19(12-6-7-12)10-13-5-4-8-20-13/h4-5,8-9,12H,3,6-7,10H2,1-2H3,(H,16,17,18). The highest BCUT2D eigenvalue weighted by Crippen LogP contribution is 2.33. The van der Waals surface area contributed by atoms with Crippen LogP contribution in [0.25, 0.3) is 0 Å². The van der Waals surface area contributed by atoms with E-state index in [1.54, 1.807) is 0 Å². The Kier molecular flexibility index (Phi) is 3.87. The molecule has 1 aliphatic rings. The molecule has 4 nitrogen and oxygen atoms in total. The molecule has 0 atom stereocenters. The summed E-state index contributed by atoms with van der Waals surface area (Å²) in [7, 11) is 0. The summed E-state index contributed by atoms with van der Waals surface area (Å²) in [5.74, 6) is 1.78. The smallest absolute Gasteiger partial charge is 0.224 e. The van der Waals surface area contributed by atoms with E-state index in [2.05, 4.69) is 50.7 Å². The number of rotatable bonds is 6. The first-order valence-corrected chi connectivity index (χ1v) is 8.03. The third kappa shape index (κ3) is 3.10. The Morgan fingerprint density at radius 1 is 1.40 bits per heavy atom. The lowest BCUT2D eigenvalue weighted by Gasteiger charge is -2.23. The van der Waals surface area contributed by atoms with Crippen molar-refractivity contribution < 1.29 is 0 Å². The number of hydrogen-bond donors (Lipinski definition) is 1. The van der Waals surface area contributed by atoms with E-state index in [4.69, 9.17) is 0 Å². The molecule has 0 aliphatic heterocycles. The van der Waals surface area contributed by atoms with Crippen LogP contribution in [0, 0.1) is 6.92 Å². The van der Waals surface area contributed by atoms with Crippen LogP contribution >= 0.6 is 11.3 Å². The zero-order valence-electron chi connectivity index (χ0n) is 12.0. The zero-order chi connectivity index (χ0) is 13.9. The summed E-state index contributed by atoms with van der Waals surface area (Å²) in [5.41, 5.74) is 1.02. The fraction of sp³-hybridized carbons (Fsp3) is 0.467. The van der Waals surface area contributed by atoms with Gasteiger partial charge in [0.1, 0.15) is 5.82 Å². The average molecular weight is 288 g/mol. The summed E-state index contributed by atoms with van der Waals surface area (Å²) in [4.78, 5) is 12.9. The second kappa shape index (κ2) is 5.79. The van der Waals surface area contributed by atoms with Gasteiger partial charge in [-0.25, -0.2) is 4.98 Å².